The molecule has 0 fully saturated rings. The van der Waals surface area contributed by atoms with E-state index < -0.39 is 17.7 Å². The molecule has 2 rings (SSSR count). The van der Waals surface area contributed by atoms with E-state index in [4.69, 9.17) is 0 Å². The largest absolute Gasteiger partial charge is 0.332 e. The van der Waals surface area contributed by atoms with Crippen molar-refractivity contribution in [3.05, 3.63) is 51.5 Å². The Kier molecular flexibility index (Phi) is 5.65. The quantitative estimate of drug-likeness (QED) is 0.861. The molecule has 0 saturated heterocycles. The highest BCUT2D eigenvalue weighted by molar-refractivity contribution is 7.09. The minimum absolute atomic E-state index is 0.319. The summed E-state index contributed by atoms with van der Waals surface area (Å²) in [5, 5.41) is 8.32. The van der Waals surface area contributed by atoms with E-state index in [1.165, 1.54) is 6.07 Å². The maximum absolute atomic E-state index is 13.2. The lowest BCUT2D eigenvalue weighted by Crippen LogP contribution is -2.36. The van der Waals surface area contributed by atoms with Gasteiger partial charge in [-0.15, -0.1) is 11.3 Å². The predicted molar refractivity (Wildman–Crippen MR) is 86.3 cm³/mol. The summed E-state index contributed by atoms with van der Waals surface area (Å²) >= 11 is 1.56. The Morgan fingerprint density at radius 1 is 1.26 bits per heavy atom. The van der Waals surface area contributed by atoms with Crippen molar-refractivity contribution in [3.8, 4) is 0 Å². The van der Waals surface area contributed by atoms with E-state index in [0.29, 0.717) is 18.0 Å². The van der Waals surface area contributed by atoms with Gasteiger partial charge in [-0.3, -0.25) is 0 Å². The topological polar surface area (TPSA) is 54.0 Å². The summed E-state index contributed by atoms with van der Waals surface area (Å²) in [6.45, 7) is 6.14. The van der Waals surface area contributed by atoms with Gasteiger partial charge in [0.15, 0.2) is 11.6 Å². The molecule has 0 aliphatic carbocycles. The van der Waals surface area contributed by atoms with Gasteiger partial charge in [-0.1, -0.05) is 19.9 Å². The number of carbonyl (C=O) groups is 1. The molecule has 0 aliphatic heterocycles. The summed E-state index contributed by atoms with van der Waals surface area (Å²) in [7, 11) is 0. The molecule has 1 unspecified atom stereocenters. The first kappa shape index (κ1) is 17.3. The van der Waals surface area contributed by atoms with Gasteiger partial charge in [0.05, 0.1) is 23.3 Å². The number of carbonyl (C=O) groups excluding carboxylic acids is 1. The summed E-state index contributed by atoms with van der Waals surface area (Å²) in [6.07, 6.45) is 0. The third-order valence-corrected chi connectivity index (χ3v) is 4.48. The van der Waals surface area contributed by atoms with E-state index in [1.807, 2.05) is 5.38 Å². The van der Waals surface area contributed by atoms with Crippen molar-refractivity contribution in [1.29, 1.82) is 0 Å². The Morgan fingerprint density at radius 2 is 2.00 bits per heavy atom. The Morgan fingerprint density at radius 3 is 2.61 bits per heavy atom. The monoisotopic (exact) mass is 339 g/mol. The molecule has 2 N–H and O–H groups in total. The molecule has 1 atom stereocenters. The number of urea groups is 1. The highest BCUT2D eigenvalue weighted by Crippen LogP contribution is 2.19. The number of rotatable bonds is 5. The predicted octanol–water partition coefficient (Wildman–Crippen LogP) is 4.11. The number of thiazole rings is 1. The van der Waals surface area contributed by atoms with Crippen LogP contribution < -0.4 is 10.6 Å². The molecule has 1 heterocycles. The molecule has 4 nitrogen and oxygen atoms in total. The Hall–Kier alpha value is -2.02. The van der Waals surface area contributed by atoms with Crippen LogP contribution in [0.5, 0.6) is 0 Å². The molecule has 7 heteroatoms. The number of nitrogens with one attached hydrogen (secondary N) is 2. The van der Waals surface area contributed by atoms with Gasteiger partial charge in [0.25, 0.3) is 0 Å². The minimum atomic E-state index is -0.930. The maximum Gasteiger partial charge on any atom is 0.315 e. The Bertz CT molecular complexity index is 688. The second-order valence-electron chi connectivity index (χ2n) is 5.55. The zero-order valence-electron chi connectivity index (χ0n) is 13.2. The van der Waals surface area contributed by atoms with Gasteiger partial charge in [-0.2, -0.15) is 0 Å². The fraction of sp³-hybridized carbons (Fsp3) is 0.375. The van der Waals surface area contributed by atoms with Crippen LogP contribution in [0.4, 0.5) is 13.6 Å². The van der Waals surface area contributed by atoms with Crippen molar-refractivity contribution in [2.24, 2.45) is 0 Å². The molecule has 0 spiro atoms. The van der Waals surface area contributed by atoms with Crippen LogP contribution in [0, 0.1) is 11.6 Å². The standard InChI is InChI=1S/C16H19F2N3OS/c1-9(2)15-21-12(8-23-15)7-19-16(22)20-10(3)11-4-5-13(17)14(18)6-11/h4-6,8-10H,7H2,1-3H3,(H2,19,20,22). The third kappa shape index (κ3) is 4.72. The highest BCUT2D eigenvalue weighted by Gasteiger charge is 2.12. The molecule has 0 bridgehead atoms. The lowest BCUT2D eigenvalue weighted by atomic mass is 10.1. The third-order valence-electron chi connectivity index (χ3n) is 3.28. The SMILES string of the molecule is CC(C)c1nc(CNC(=O)NC(C)c2ccc(F)c(F)c2)cs1. The molecular weight excluding hydrogens is 320 g/mol. The summed E-state index contributed by atoms with van der Waals surface area (Å²) < 4.78 is 26.1. The van der Waals surface area contributed by atoms with E-state index in [-0.39, 0.29) is 6.03 Å². The van der Waals surface area contributed by atoms with Crippen LogP contribution in [0.3, 0.4) is 0 Å². The summed E-state index contributed by atoms with van der Waals surface area (Å²) in [5.41, 5.74) is 1.30. The van der Waals surface area contributed by atoms with Gasteiger partial charge in [0.2, 0.25) is 0 Å². The first-order valence-corrected chi connectivity index (χ1v) is 8.18. The summed E-state index contributed by atoms with van der Waals surface area (Å²) in [4.78, 5) is 16.3. The van der Waals surface area contributed by atoms with Gasteiger partial charge in [-0.25, -0.2) is 18.6 Å². The smallest absolute Gasteiger partial charge is 0.315 e. The van der Waals surface area contributed by atoms with Crippen LogP contribution in [-0.2, 0) is 6.54 Å². The zero-order valence-corrected chi connectivity index (χ0v) is 14.0. The average molecular weight is 339 g/mol. The number of hydrogen-bond acceptors (Lipinski definition) is 3. The van der Waals surface area contributed by atoms with Gasteiger partial charge in [0.1, 0.15) is 0 Å². The lowest BCUT2D eigenvalue weighted by molar-refractivity contribution is 0.237. The molecule has 2 amide bonds. The molecule has 1 aromatic carbocycles. The molecule has 0 aliphatic rings. The van der Waals surface area contributed by atoms with Gasteiger partial charge >= 0.3 is 6.03 Å². The molecule has 0 radical (unpaired) electrons. The molecular formula is C16H19F2N3OS. The van der Waals surface area contributed by atoms with Gasteiger partial charge in [-0.05, 0) is 24.6 Å². The van der Waals surface area contributed by atoms with Crippen LogP contribution in [0.2, 0.25) is 0 Å². The van der Waals surface area contributed by atoms with Crippen LogP contribution in [0.15, 0.2) is 23.6 Å². The first-order chi connectivity index (χ1) is 10.9. The van der Waals surface area contributed by atoms with Crippen molar-refractivity contribution in [3.63, 3.8) is 0 Å². The van der Waals surface area contributed by atoms with Gasteiger partial charge in [0, 0.05) is 11.3 Å². The summed E-state index contributed by atoms with van der Waals surface area (Å²) in [6, 6.07) is 2.74. The van der Waals surface area contributed by atoms with Crippen molar-refractivity contribution >= 4 is 17.4 Å². The van der Waals surface area contributed by atoms with Crippen molar-refractivity contribution in [1.82, 2.24) is 15.6 Å². The molecule has 2 aromatic rings. The number of benzene rings is 1. The average Bonchev–Trinajstić information content (AvgIpc) is 2.97. The number of halogens is 2. The Labute approximate surface area is 137 Å². The van der Waals surface area contributed by atoms with Crippen LogP contribution in [0.25, 0.3) is 0 Å². The van der Waals surface area contributed by atoms with E-state index >= 15 is 0 Å². The minimum Gasteiger partial charge on any atom is -0.332 e. The first-order valence-electron chi connectivity index (χ1n) is 7.30. The molecule has 23 heavy (non-hydrogen) atoms. The molecule has 124 valence electrons. The number of nitrogens with zero attached hydrogens (tertiary/aromatic N) is 1. The van der Waals surface area contributed by atoms with Crippen molar-refractivity contribution in [2.75, 3.05) is 0 Å². The maximum atomic E-state index is 13.2. The van der Waals surface area contributed by atoms with E-state index in [0.717, 1.165) is 22.8 Å². The second-order valence-corrected chi connectivity index (χ2v) is 6.44. The summed E-state index contributed by atoms with van der Waals surface area (Å²) in [5.74, 6) is -1.48. The van der Waals surface area contributed by atoms with Gasteiger partial charge < -0.3 is 10.6 Å². The second kappa shape index (κ2) is 7.50. The zero-order chi connectivity index (χ0) is 17.0. The normalized spacial score (nSPS) is 12.3. The number of amides is 2. The highest BCUT2D eigenvalue weighted by atomic mass is 32.1. The fourth-order valence-corrected chi connectivity index (χ4v) is 2.79. The van der Waals surface area contributed by atoms with E-state index in [1.54, 1.807) is 18.3 Å². The molecule has 1 aromatic heterocycles. The molecule has 0 saturated carbocycles. The van der Waals surface area contributed by atoms with Crippen molar-refractivity contribution < 1.29 is 13.6 Å². The Balaban J connectivity index is 1.87. The van der Waals surface area contributed by atoms with Crippen LogP contribution in [-0.4, -0.2) is 11.0 Å². The fourth-order valence-electron chi connectivity index (χ4n) is 1.95. The van der Waals surface area contributed by atoms with E-state index in [2.05, 4.69) is 29.5 Å². The lowest BCUT2D eigenvalue weighted by Gasteiger charge is -2.15. The van der Waals surface area contributed by atoms with Crippen molar-refractivity contribution in [2.45, 2.75) is 39.3 Å². The number of hydrogen-bond donors (Lipinski definition) is 2. The van der Waals surface area contributed by atoms with Crippen LogP contribution >= 0.6 is 11.3 Å². The van der Waals surface area contributed by atoms with Crippen LogP contribution in [0.1, 0.15) is 49.0 Å². The van der Waals surface area contributed by atoms with E-state index in [9.17, 15) is 13.6 Å². The number of aromatic nitrogens is 1.